The lowest BCUT2D eigenvalue weighted by Crippen LogP contribution is -2.23. The first-order chi connectivity index (χ1) is 10.1. The number of rotatable bonds is 6. The first-order valence-electron chi connectivity index (χ1n) is 7.14. The SMILES string of the molecule is CCCNc1ccc(C)cc1C(=O)NCc1cnc(C)s1. The van der Waals surface area contributed by atoms with Crippen molar-refractivity contribution in [3.05, 3.63) is 45.4 Å². The molecule has 0 radical (unpaired) electrons. The van der Waals surface area contributed by atoms with E-state index in [2.05, 4.69) is 22.5 Å². The first kappa shape index (κ1) is 15.5. The van der Waals surface area contributed by atoms with Gasteiger partial charge in [-0.05, 0) is 32.4 Å². The van der Waals surface area contributed by atoms with Crippen LogP contribution in [0.25, 0.3) is 0 Å². The molecule has 1 aromatic heterocycles. The molecular formula is C16H21N3OS. The fourth-order valence-electron chi connectivity index (χ4n) is 2.01. The predicted octanol–water partition coefficient (Wildman–Crippen LogP) is 3.51. The zero-order valence-electron chi connectivity index (χ0n) is 12.7. The Morgan fingerprint density at radius 2 is 2.14 bits per heavy atom. The van der Waals surface area contributed by atoms with Gasteiger partial charge in [0.25, 0.3) is 5.91 Å². The van der Waals surface area contributed by atoms with Crippen molar-refractivity contribution in [3.8, 4) is 0 Å². The van der Waals surface area contributed by atoms with E-state index >= 15 is 0 Å². The Morgan fingerprint density at radius 1 is 1.33 bits per heavy atom. The third-order valence-corrected chi connectivity index (χ3v) is 3.99. The fraction of sp³-hybridized carbons (Fsp3) is 0.375. The highest BCUT2D eigenvalue weighted by molar-refractivity contribution is 7.11. The van der Waals surface area contributed by atoms with Crippen LogP contribution in [0.3, 0.4) is 0 Å². The Labute approximate surface area is 129 Å². The maximum Gasteiger partial charge on any atom is 0.253 e. The van der Waals surface area contributed by atoms with Crippen molar-refractivity contribution < 1.29 is 4.79 Å². The molecule has 2 N–H and O–H groups in total. The average molecular weight is 303 g/mol. The minimum atomic E-state index is -0.0524. The average Bonchev–Trinajstić information content (AvgIpc) is 2.89. The van der Waals surface area contributed by atoms with Crippen molar-refractivity contribution in [2.24, 2.45) is 0 Å². The highest BCUT2D eigenvalue weighted by atomic mass is 32.1. The highest BCUT2D eigenvalue weighted by Gasteiger charge is 2.11. The van der Waals surface area contributed by atoms with Crippen LogP contribution in [0.1, 0.15) is 39.2 Å². The number of thiazole rings is 1. The van der Waals surface area contributed by atoms with Gasteiger partial charge in [0.05, 0.1) is 17.1 Å². The molecule has 0 fully saturated rings. The fourth-order valence-corrected chi connectivity index (χ4v) is 2.74. The summed E-state index contributed by atoms with van der Waals surface area (Å²) < 4.78 is 0. The molecular weight excluding hydrogens is 282 g/mol. The number of aromatic nitrogens is 1. The second-order valence-electron chi connectivity index (χ2n) is 5.00. The molecule has 0 unspecified atom stereocenters. The van der Waals surface area contributed by atoms with Crippen LogP contribution in [0.2, 0.25) is 0 Å². The van der Waals surface area contributed by atoms with E-state index in [-0.39, 0.29) is 5.91 Å². The Morgan fingerprint density at radius 3 is 2.81 bits per heavy atom. The van der Waals surface area contributed by atoms with Crippen LogP contribution in [-0.2, 0) is 6.54 Å². The summed E-state index contributed by atoms with van der Waals surface area (Å²) in [6.07, 6.45) is 2.84. The van der Waals surface area contributed by atoms with Gasteiger partial charge in [0.1, 0.15) is 0 Å². The van der Waals surface area contributed by atoms with Crippen molar-refractivity contribution in [1.29, 1.82) is 0 Å². The third kappa shape index (κ3) is 4.29. The molecule has 0 spiro atoms. The van der Waals surface area contributed by atoms with Gasteiger partial charge in [0.15, 0.2) is 0 Å². The first-order valence-corrected chi connectivity index (χ1v) is 7.96. The number of hydrogen-bond donors (Lipinski definition) is 2. The zero-order valence-corrected chi connectivity index (χ0v) is 13.5. The highest BCUT2D eigenvalue weighted by Crippen LogP contribution is 2.18. The van der Waals surface area contributed by atoms with E-state index in [0.717, 1.165) is 34.1 Å². The number of nitrogens with zero attached hydrogens (tertiary/aromatic N) is 1. The zero-order chi connectivity index (χ0) is 15.2. The minimum Gasteiger partial charge on any atom is -0.384 e. The van der Waals surface area contributed by atoms with Gasteiger partial charge < -0.3 is 10.6 Å². The number of anilines is 1. The second-order valence-corrected chi connectivity index (χ2v) is 6.32. The van der Waals surface area contributed by atoms with Crippen molar-refractivity contribution in [1.82, 2.24) is 10.3 Å². The molecule has 2 aromatic rings. The summed E-state index contributed by atoms with van der Waals surface area (Å²) in [6.45, 7) is 7.44. The molecule has 2 rings (SSSR count). The van der Waals surface area contributed by atoms with E-state index in [1.165, 1.54) is 0 Å². The molecule has 0 saturated heterocycles. The molecule has 0 atom stereocenters. The van der Waals surface area contributed by atoms with Crippen molar-refractivity contribution in [3.63, 3.8) is 0 Å². The quantitative estimate of drug-likeness (QED) is 0.858. The van der Waals surface area contributed by atoms with Gasteiger partial charge in [0, 0.05) is 23.3 Å². The number of benzene rings is 1. The Bertz CT molecular complexity index is 622. The lowest BCUT2D eigenvalue weighted by Gasteiger charge is -2.12. The number of aryl methyl sites for hydroxylation is 2. The summed E-state index contributed by atoms with van der Waals surface area (Å²) in [5.41, 5.74) is 2.67. The van der Waals surface area contributed by atoms with Crippen LogP contribution < -0.4 is 10.6 Å². The number of carbonyl (C=O) groups excluding carboxylic acids is 1. The molecule has 0 bridgehead atoms. The van der Waals surface area contributed by atoms with Gasteiger partial charge in [0.2, 0.25) is 0 Å². The van der Waals surface area contributed by atoms with E-state index in [9.17, 15) is 4.79 Å². The maximum absolute atomic E-state index is 12.4. The summed E-state index contributed by atoms with van der Waals surface area (Å²) >= 11 is 1.60. The number of amides is 1. The molecule has 0 saturated carbocycles. The van der Waals surface area contributed by atoms with Crippen molar-refractivity contribution in [2.45, 2.75) is 33.7 Å². The summed E-state index contributed by atoms with van der Waals surface area (Å²) in [6, 6.07) is 5.91. The molecule has 1 amide bonds. The largest absolute Gasteiger partial charge is 0.384 e. The van der Waals surface area contributed by atoms with Crippen LogP contribution in [0, 0.1) is 13.8 Å². The molecule has 0 aliphatic heterocycles. The van der Waals surface area contributed by atoms with Gasteiger partial charge >= 0.3 is 0 Å². The molecule has 0 aliphatic rings. The number of carbonyl (C=O) groups is 1. The molecule has 0 aliphatic carbocycles. The molecule has 1 aromatic carbocycles. The van der Waals surface area contributed by atoms with E-state index in [1.807, 2.05) is 38.2 Å². The Balaban J connectivity index is 2.08. The summed E-state index contributed by atoms with van der Waals surface area (Å²) in [5.74, 6) is -0.0524. The van der Waals surface area contributed by atoms with Gasteiger partial charge in [-0.1, -0.05) is 18.6 Å². The van der Waals surface area contributed by atoms with Crippen molar-refractivity contribution in [2.75, 3.05) is 11.9 Å². The third-order valence-electron chi connectivity index (χ3n) is 3.08. The number of nitrogens with one attached hydrogen (secondary N) is 2. The molecule has 112 valence electrons. The van der Waals surface area contributed by atoms with E-state index in [1.54, 1.807) is 11.3 Å². The standard InChI is InChI=1S/C16H21N3OS/c1-4-7-17-15-6-5-11(2)8-14(15)16(20)19-10-13-9-18-12(3)21-13/h5-6,8-9,17H,4,7,10H2,1-3H3,(H,19,20). The van der Waals surface area contributed by atoms with Gasteiger partial charge in [-0.2, -0.15) is 0 Å². The van der Waals surface area contributed by atoms with Gasteiger partial charge in [-0.15, -0.1) is 11.3 Å². The Kier molecular flexibility index (Phi) is 5.33. The van der Waals surface area contributed by atoms with E-state index < -0.39 is 0 Å². The normalized spacial score (nSPS) is 10.4. The minimum absolute atomic E-state index is 0.0524. The molecule has 4 nitrogen and oxygen atoms in total. The van der Waals surface area contributed by atoms with Crippen LogP contribution in [0.4, 0.5) is 5.69 Å². The van der Waals surface area contributed by atoms with E-state index in [0.29, 0.717) is 12.1 Å². The monoisotopic (exact) mass is 303 g/mol. The second kappa shape index (κ2) is 7.22. The maximum atomic E-state index is 12.4. The Hall–Kier alpha value is -1.88. The predicted molar refractivity (Wildman–Crippen MR) is 88.0 cm³/mol. The van der Waals surface area contributed by atoms with Crippen molar-refractivity contribution >= 4 is 22.9 Å². The topological polar surface area (TPSA) is 54.0 Å². The summed E-state index contributed by atoms with van der Waals surface area (Å²) in [5, 5.41) is 7.28. The lowest BCUT2D eigenvalue weighted by atomic mass is 10.1. The van der Waals surface area contributed by atoms with E-state index in [4.69, 9.17) is 0 Å². The molecule has 5 heteroatoms. The van der Waals surface area contributed by atoms with Gasteiger partial charge in [-0.25, -0.2) is 4.98 Å². The summed E-state index contributed by atoms with van der Waals surface area (Å²) in [4.78, 5) is 17.7. The lowest BCUT2D eigenvalue weighted by molar-refractivity contribution is 0.0952. The van der Waals surface area contributed by atoms with Crippen LogP contribution in [0.5, 0.6) is 0 Å². The number of hydrogen-bond acceptors (Lipinski definition) is 4. The molecule has 21 heavy (non-hydrogen) atoms. The smallest absolute Gasteiger partial charge is 0.253 e. The molecule has 1 heterocycles. The van der Waals surface area contributed by atoms with Crippen LogP contribution in [-0.4, -0.2) is 17.4 Å². The summed E-state index contributed by atoms with van der Waals surface area (Å²) in [7, 11) is 0. The van der Waals surface area contributed by atoms with Crippen LogP contribution >= 0.6 is 11.3 Å². The van der Waals surface area contributed by atoms with Crippen LogP contribution in [0.15, 0.2) is 24.4 Å². The van der Waals surface area contributed by atoms with Gasteiger partial charge in [-0.3, -0.25) is 4.79 Å².